The predicted octanol–water partition coefficient (Wildman–Crippen LogP) is 37.8. The van der Waals surface area contributed by atoms with Crippen LogP contribution in [0.2, 0.25) is 0 Å². The van der Waals surface area contributed by atoms with Crippen molar-refractivity contribution in [1.82, 2.24) is 13.7 Å². The summed E-state index contributed by atoms with van der Waals surface area (Å²) < 4.78 is 7.47. The topological polar surface area (TPSA) is 14.8 Å². The van der Waals surface area contributed by atoms with E-state index in [0.717, 1.165) is 11.4 Å². The molecule has 642 valence electrons. The minimum atomic E-state index is 1.16. The zero-order valence-electron chi connectivity index (χ0n) is 75.8. The van der Waals surface area contributed by atoms with E-state index < -0.39 is 0 Å². The van der Waals surface area contributed by atoms with E-state index in [2.05, 4.69) is 517 Å². The van der Waals surface area contributed by atoms with Gasteiger partial charge in [0.2, 0.25) is 0 Å². The summed E-state index contributed by atoms with van der Waals surface area (Å²) in [7, 11) is 0. The Balaban J connectivity index is 0.000000101. The average Bonchev–Trinajstić information content (AvgIpc) is 1.56. The Morgan fingerprint density at radius 3 is 0.741 bits per heavy atom. The van der Waals surface area contributed by atoms with E-state index in [-0.39, 0.29) is 0 Å². The van der Waals surface area contributed by atoms with E-state index >= 15 is 0 Å². The second kappa shape index (κ2) is 31.2. The molecule has 0 aliphatic carbocycles. The van der Waals surface area contributed by atoms with Gasteiger partial charge in [-0.1, -0.05) is 431 Å². The molecule has 0 amide bonds. The highest BCUT2D eigenvalue weighted by Crippen LogP contribution is 2.51. The molecule has 139 heavy (non-hydrogen) atoms. The highest BCUT2D eigenvalue weighted by atomic mass is 15.0. The average molecular weight is 1760 g/mol. The van der Waals surface area contributed by atoms with Crippen LogP contribution in [0.25, 0.3) is 288 Å². The lowest BCUT2D eigenvalue weighted by atomic mass is 9.92. The molecule has 0 unspecified atom stereocenters. The highest BCUT2D eigenvalue weighted by Gasteiger charge is 2.26. The molecule has 0 aliphatic heterocycles. The fraction of sp³-hybridized carbons (Fsp3) is 0. The van der Waals surface area contributed by atoms with E-state index in [0.29, 0.717) is 0 Å². The standard InChI is InChI=1S/2C48H29N.C40H25N/c1-2-15-34-30(12-1)24-27-41-39-20-7-8-21-42(39)48-47(46(34)41)43-22-9-10-23-45(43)49(48)33-14-11-13-31(28-33)32-25-26-40-37-18-4-3-16-35(37)36-17-5-6-19-38(36)44(40)29-32;1-2-12-34-31(11-1)23-28-41-39-17-7-8-18-42(39)48-47(46(34)41)43-19-9-10-20-45(43)49(48)33-25-21-30(22-26-33)32-24-27-40-37-15-4-3-13-35(37)36-14-5-6-16-38(36)44(40)29-32;1-2-10-26(11-3-1)28-18-19-30-25-31(22-20-29(30)24-28)41-37-17-9-8-16-36(37)39-38-32-13-5-4-12-27(32)21-23-34(38)33-14-6-7-15-35(33)40(39)41/h2*1-29H;1-25H. The first kappa shape index (κ1) is 78.2. The molecule has 3 nitrogen and oxygen atoms in total. The van der Waals surface area contributed by atoms with Gasteiger partial charge >= 0.3 is 0 Å². The maximum absolute atomic E-state index is 2.50. The third kappa shape index (κ3) is 12.0. The number of fused-ring (bicyclic) bond motifs is 43. The SMILES string of the molecule is c1cc(-c2ccc3c4ccccc4c4ccccc4c3c2)cc(-n2c3ccccc3c3c4c5ccccc5ccc4c4ccccc4c32)c1.c1ccc(-c2ccc3cc(-n4c5ccccc5c5c6c7ccccc7ccc6c6ccccc6c54)ccc3c2)cc1.c1ccc2c(c1)ccc1c3ccccc3c3c(c4ccccc4n3-c3ccc(-c4ccc5c6ccccc6c6ccccc6c5c4)cc3)c21. The fourth-order valence-corrected chi connectivity index (χ4v) is 24.1. The van der Waals surface area contributed by atoms with Crippen molar-refractivity contribution < 1.29 is 0 Å². The van der Waals surface area contributed by atoms with Crippen LogP contribution in [0, 0.1) is 0 Å². The summed E-state index contributed by atoms with van der Waals surface area (Å²) >= 11 is 0. The van der Waals surface area contributed by atoms with Crippen LogP contribution in [-0.2, 0) is 0 Å². The van der Waals surface area contributed by atoms with Gasteiger partial charge in [-0.2, -0.15) is 0 Å². The number of aromatic nitrogens is 3. The van der Waals surface area contributed by atoms with Crippen LogP contribution < -0.4 is 0 Å². The van der Waals surface area contributed by atoms with Gasteiger partial charge < -0.3 is 13.7 Å². The molecule has 0 N–H and O–H groups in total. The first-order chi connectivity index (χ1) is 69.0. The van der Waals surface area contributed by atoms with Crippen LogP contribution >= 0.6 is 0 Å². The molecular formula is C136H83N3. The summed E-state index contributed by atoms with van der Waals surface area (Å²) in [6.07, 6.45) is 0. The van der Waals surface area contributed by atoms with Gasteiger partial charge in [0.15, 0.2) is 0 Å². The Hall–Kier alpha value is -18.3. The maximum atomic E-state index is 2.50. The molecule has 0 saturated heterocycles. The Bertz CT molecular complexity index is 10600. The van der Waals surface area contributed by atoms with Crippen molar-refractivity contribution in [2.45, 2.75) is 0 Å². The van der Waals surface area contributed by atoms with Gasteiger partial charge in [-0.15, -0.1) is 0 Å². The minimum Gasteiger partial charge on any atom is -0.309 e. The van der Waals surface area contributed by atoms with Crippen molar-refractivity contribution in [1.29, 1.82) is 0 Å². The number of nitrogens with zero attached hydrogens (tertiary/aromatic N) is 3. The number of hydrogen-bond acceptors (Lipinski definition) is 0. The van der Waals surface area contributed by atoms with Crippen LogP contribution in [0.4, 0.5) is 0 Å². The minimum absolute atomic E-state index is 1.16. The van der Waals surface area contributed by atoms with Crippen molar-refractivity contribution in [3.05, 3.63) is 504 Å². The first-order valence-electron chi connectivity index (χ1n) is 48.3. The predicted molar refractivity (Wildman–Crippen MR) is 599 cm³/mol. The monoisotopic (exact) mass is 1760 g/mol. The fourth-order valence-electron chi connectivity index (χ4n) is 24.1. The molecule has 0 bridgehead atoms. The Labute approximate surface area is 799 Å². The van der Waals surface area contributed by atoms with E-state index in [1.165, 1.54) is 277 Å². The third-order valence-electron chi connectivity index (χ3n) is 30.2. The molecule has 0 atom stereocenters. The molecule has 3 heteroatoms. The van der Waals surface area contributed by atoms with Gasteiger partial charge in [-0.3, -0.25) is 0 Å². The highest BCUT2D eigenvalue weighted by molar-refractivity contribution is 6.41. The molecule has 31 rings (SSSR count). The molecular weight excluding hydrogens is 1680 g/mol. The van der Waals surface area contributed by atoms with Crippen LogP contribution in [0.5, 0.6) is 0 Å². The Morgan fingerprint density at radius 1 is 0.101 bits per heavy atom. The molecule has 0 radical (unpaired) electrons. The maximum Gasteiger partial charge on any atom is 0.0626 e. The lowest BCUT2D eigenvalue weighted by Crippen LogP contribution is -1.95. The molecule has 3 heterocycles. The summed E-state index contributed by atoms with van der Waals surface area (Å²) in [6.45, 7) is 0. The summed E-state index contributed by atoms with van der Waals surface area (Å²) in [5, 5.41) is 49.1. The molecule has 28 aromatic carbocycles. The smallest absolute Gasteiger partial charge is 0.0626 e. The van der Waals surface area contributed by atoms with Gasteiger partial charge in [0, 0.05) is 81.7 Å². The molecule has 0 fully saturated rings. The van der Waals surface area contributed by atoms with E-state index in [1.807, 2.05) is 0 Å². The third-order valence-corrected chi connectivity index (χ3v) is 30.2. The van der Waals surface area contributed by atoms with Crippen LogP contribution in [0.1, 0.15) is 0 Å². The van der Waals surface area contributed by atoms with Gasteiger partial charge in [-0.25, -0.2) is 0 Å². The number of benzene rings is 28. The van der Waals surface area contributed by atoms with E-state index in [4.69, 9.17) is 0 Å². The zero-order valence-corrected chi connectivity index (χ0v) is 75.8. The zero-order chi connectivity index (χ0) is 91.0. The van der Waals surface area contributed by atoms with Crippen LogP contribution in [0.15, 0.2) is 504 Å². The Morgan fingerprint density at radius 2 is 0.338 bits per heavy atom. The second-order valence-electron chi connectivity index (χ2n) is 37.4. The molecule has 31 aromatic rings. The second-order valence-corrected chi connectivity index (χ2v) is 37.4. The largest absolute Gasteiger partial charge is 0.309 e. The van der Waals surface area contributed by atoms with Gasteiger partial charge in [0.05, 0.1) is 33.1 Å². The summed E-state index contributed by atoms with van der Waals surface area (Å²) in [6, 6.07) is 185. The van der Waals surface area contributed by atoms with Crippen molar-refractivity contribution >= 4 is 238 Å². The van der Waals surface area contributed by atoms with Crippen LogP contribution in [-0.4, -0.2) is 13.7 Å². The summed E-state index contributed by atoms with van der Waals surface area (Å²) in [4.78, 5) is 0. The van der Waals surface area contributed by atoms with Crippen molar-refractivity contribution in [3.63, 3.8) is 0 Å². The van der Waals surface area contributed by atoms with Gasteiger partial charge in [-0.05, 0) is 246 Å². The van der Waals surface area contributed by atoms with Gasteiger partial charge in [0.1, 0.15) is 0 Å². The van der Waals surface area contributed by atoms with E-state index in [1.54, 1.807) is 0 Å². The lowest BCUT2D eigenvalue weighted by molar-refractivity contribution is 1.19. The number of hydrogen-bond donors (Lipinski definition) is 0. The first-order valence-corrected chi connectivity index (χ1v) is 48.3. The van der Waals surface area contributed by atoms with Crippen molar-refractivity contribution in [2.24, 2.45) is 0 Å². The van der Waals surface area contributed by atoms with Gasteiger partial charge in [0.25, 0.3) is 0 Å². The molecule has 0 spiro atoms. The normalized spacial score (nSPS) is 12.0. The lowest BCUT2D eigenvalue weighted by Gasteiger charge is -2.15. The molecule has 0 saturated carbocycles. The number of rotatable bonds is 6. The molecule has 3 aromatic heterocycles. The summed E-state index contributed by atoms with van der Waals surface area (Å²) in [5.74, 6) is 0. The summed E-state index contributed by atoms with van der Waals surface area (Å²) in [5.41, 5.74) is 18.3. The quantitative estimate of drug-likeness (QED) is 0.147. The number of para-hydroxylation sites is 3. The van der Waals surface area contributed by atoms with Crippen molar-refractivity contribution in [2.75, 3.05) is 0 Å². The van der Waals surface area contributed by atoms with E-state index in [9.17, 15) is 0 Å². The molecule has 0 aliphatic rings. The Kier molecular flexibility index (Phi) is 17.5. The van der Waals surface area contributed by atoms with Crippen LogP contribution in [0.3, 0.4) is 0 Å². The van der Waals surface area contributed by atoms with Crippen molar-refractivity contribution in [3.8, 4) is 50.4 Å².